The van der Waals surface area contributed by atoms with Crippen molar-refractivity contribution in [1.29, 1.82) is 0 Å². The maximum atomic E-state index is 12.1. The first kappa shape index (κ1) is 13.0. The van der Waals surface area contributed by atoms with Crippen LogP contribution >= 0.6 is 0 Å². The Morgan fingerprint density at radius 2 is 1.68 bits per heavy atom. The average molecular weight is 257 g/mol. The van der Waals surface area contributed by atoms with Crippen LogP contribution in [0.15, 0.2) is 48.5 Å². The molecule has 0 saturated heterocycles. The monoisotopic (exact) mass is 257 g/mol. The van der Waals surface area contributed by atoms with Crippen LogP contribution in [0, 0.1) is 0 Å². The molecule has 0 saturated carbocycles. The van der Waals surface area contributed by atoms with Gasteiger partial charge in [0.1, 0.15) is 0 Å². The standard InChI is InChI=1S/C15H15NO3/c1-16-15(19)14(10-5-3-2-4-6-10)11-7-8-12(17)13(18)9-11/h2-9,14,17-18H,1H3,(H,16,19). The molecule has 0 heterocycles. The van der Waals surface area contributed by atoms with Crippen LogP contribution in [0.5, 0.6) is 11.5 Å². The molecule has 0 aliphatic carbocycles. The van der Waals surface area contributed by atoms with E-state index in [0.717, 1.165) is 5.56 Å². The molecule has 1 atom stereocenters. The average Bonchev–Trinajstić information content (AvgIpc) is 2.44. The van der Waals surface area contributed by atoms with E-state index in [9.17, 15) is 15.0 Å². The van der Waals surface area contributed by atoms with Gasteiger partial charge in [0.25, 0.3) is 0 Å². The topological polar surface area (TPSA) is 69.6 Å². The number of rotatable bonds is 3. The molecule has 4 nitrogen and oxygen atoms in total. The Labute approximate surface area is 111 Å². The van der Waals surface area contributed by atoms with Crippen LogP contribution in [0.4, 0.5) is 0 Å². The minimum Gasteiger partial charge on any atom is -0.504 e. The fourth-order valence-electron chi connectivity index (χ4n) is 2.01. The Hall–Kier alpha value is -2.49. The lowest BCUT2D eigenvalue weighted by atomic mass is 9.90. The van der Waals surface area contributed by atoms with E-state index in [2.05, 4.69) is 5.32 Å². The van der Waals surface area contributed by atoms with Gasteiger partial charge in [0.05, 0.1) is 5.92 Å². The molecule has 0 aliphatic rings. The Kier molecular flexibility index (Phi) is 3.71. The molecule has 2 aromatic carbocycles. The molecule has 0 fully saturated rings. The van der Waals surface area contributed by atoms with Crippen molar-refractivity contribution in [3.8, 4) is 11.5 Å². The Bertz CT molecular complexity index is 581. The van der Waals surface area contributed by atoms with E-state index in [4.69, 9.17) is 0 Å². The molecule has 2 rings (SSSR count). The van der Waals surface area contributed by atoms with Crippen molar-refractivity contribution < 1.29 is 15.0 Å². The number of carbonyl (C=O) groups excluding carboxylic acids is 1. The van der Waals surface area contributed by atoms with Gasteiger partial charge in [-0.25, -0.2) is 0 Å². The smallest absolute Gasteiger partial charge is 0.231 e. The molecule has 0 radical (unpaired) electrons. The summed E-state index contributed by atoms with van der Waals surface area (Å²) in [4.78, 5) is 12.1. The molecule has 3 N–H and O–H groups in total. The number of carbonyl (C=O) groups is 1. The molecular formula is C15H15NO3. The van der Waals surface area contributed by atoms with Crippen LogP contribution in [0.3, 0.4) is 0 Å². The molecule has 2 aromatic rings. The number of amides is 1. The number of benzene rings is 2. The highest BCUT2D eigenvalue weighted by Crippen LogP contribution is 2.31. The molecule has 0 spiro atoms. The number of phenols is 2. The van der Waals surface area contributed by atoms with Gasteiger partial charge in [-0.3, -0.25) is 4.79 Å². The zero-order valence-electron chi connectivity index (χ0n) is 10.5. The number of aromatic hydroxyl groups is 2. The van der Waals surface area contributed by atoms with Gasteiger partial charge in [0, 0.05) is 7.05 Å². The van der Waals surface area contributed by atoms with Gasteiger partial charge in [-0.2, -0.15) is 0 Å². The van der Waals surface area contributed by atoms with Crippen LogP contribution in [-0.2, 0) is 4.79 Å². The molecule has 1 amide bonds. The number of hydrogen-bond donors (Lipinski definition) is 3. The Balaban J connectivity index is 2.49. The maximum absolute atomic E-state index is 12.1. The van der Waals surface area contributed by atoms with Crippen LogP contribution in [0.2, 0.25) is 0 Å². The van der Waals surface area contributed by atoms with Gasteiger partial charge in [-0.05, 0) is 23.3 Å². The summed E-state index contributed by atoms with van der Waals surface area (Å²) in [5.41, 5.74) is 1.45. The third kappa shape index (κ3) is 2.68. The van der Waals surface area contributed by atoms with Gasteiger partial charge in [0.15, 0.2) is 11.5 Å². The third-order valence-corrected chi connectivity index (χ3v) is 2.97. The highest BCUT2D eigenvalue weighted by molar-refractivity contribution is 5.87. The summed E-state index contributed by atoms with van der Waals surface area (Å²) in [5, 5.41) is 21.5. The number of hydrogen-bond acceptors (Lipinski definition) is 3. The van der Waals surface area contributed by atoms with Crippen LogP contribution in [-0.4, -0.2) is 23.2 Å². The van der Waals surface area contributed by atoms with Crippen molar-refractivity contribution in [2.45, 2.75) is 5.92 Å². The lowest BCUT2D eigenvalue weighted by molar-refractivity contribution is -0.121. The minimum atomic E-state index is -0.516. The highest BCUT2D eigenvalue weighted by Gasteiger charge is 2.22. The fraction of sp³-hybridized carbons (Fsp3) is 0.133. The first-order valence-corrected chi connectivity index (χ1v) is 5.92. The first-order chi connectivity index (χ1) is 9.13. The predicted molar refractivity (Wildman–Crippen MR) is 72.1 cm³/mol. The highest BCUT2D eigenvalue weighted by atomic mass is 16.3. The number of nitrogens with one attached hydrogen (secondary N) is 1. The second-order valence-electron chi connectivity index (χ2n) is 4.21. The van der Waals surface area contributed by atoms with Gasteiger partial charge >= 0.3 is 0 Å². The summed E-state index contributed by atoms with van der Waals surface area (Å²) >= 11 is 0. The van der Waals surface area contributed by atoms with Crippen molar-refractivity contribution in [3.63, 3.8) is 0 Å². The van der Waals surface area contributed by atoms with Gasteiger partial charge in [-0.15, -0.1) is 0 Å². The summed E-state index contributed by atoms with van der Waals surface area (Å²) in [7, 11) is 1.57. The summed E-state index contributed by atoms with van der Waals surface area (Å²) < 4.78 is 0. The molecule has 0 aliphatic heterocycles. The zero-order valence-corrected chi connectivity index (χ0v) is 10.5. The van der Waals surface area contributed by atoms with E-state index in [-0.39, 0.29) is 17.4 Å². The summed E-state index contributed by atoms with van der Waals surface area (Å²) in [6, 6.07) is 13.7. The second-order valence-corrected chi connectivity index (χ2v) is 4.21. The van der Waals surface area contributed by atoms with E-state index in [1.165, 1.54) is 12.1 Å². The SMILES string of the molecule is CNC(=O)C(c1ccccc1)c1ccc(O)c(O)c1. The molecule has 19 heavy (non-hydrogen) atoms. The van der Waals surface area contributed by atoms with E-state index in [1.807, 2.05) is 30.3 Å². The summed E-state index contributed by atoms with van der Waals surface area (Å²) in [6.07, 6.45) is 0. The Morgan fingerprint density at radius 1 is 1.00 bits per heavy atom. The fourth-order valence-corrected chi connectivity index (χ4v) is 2.01. The van der Waals surface area contributed by atoms with Gasteiger partial charge in [-0.1, -0.05) is 36.4 Å². The molecule has 1 unspecified atom stereocenters. The van der Waals surface area contributed by atoms with E-state index in [1.54, 1.807) is 13.1 Å². The quantitative estimate of drug-likeness (QED) is 0.736. The van der Waals surface area contributed by atoms with Crippen molar-refractivity contribution in [2.75, 3.05) is 7.05 Å². The molecular weight excluding hydrogens is 242 g/mol. The zero-order chi connectivity index (χ0) is 13.8. The maximum Gasteiger partial charge on any atom is 0.231 e. The lowest BCUT2D eigenvalue weighted by Crippen LogP contribution is -2.26. The van der Waals surface area contributed by atoms with Crippen molar-refractivity contribution in [2.24, 2.45) is 0 Å². The van der Waals surface area contributed by atoms with Crippen molar-refractivity contribution >= 4 is 5.91 Å². The van der Waals surface area contributed by atoms with Gasteiger partial charge < -0.3 is 15.5 Å². The molecule has 98 valence electrons. The first-order valence-electron chi connectivity index (χ1n) is 5.92. The van der Waals surface area contributed by atoms with Crippen LogP contribution in [0.25, 0.3) is 0 Å². The lowest BCUT2D eigenvalue weighted by Gasteiger charge is -2.16. The summed E-state index contributed by atoms with van der Waals surface area (Å²) in [5.74, 6) is -1.12. The molecule has 0 aromatic heterocycles. The third-order valence-electron chi connectivity index (χ3n) is 2.97. The van der Waals surface area contributed by atoms with E-state index >= 15 is 0 Å². The van der Waals surface area contributed by atoms with Crippen molar-refractivity contribution in [1.82, 2.24) is 5.32 Å². The number of likely N-dealkylation sites (N-methyl/N-ethyl adjacent to an activating group) is 1. The largest absolute Gasteiger partial charge is 0.504 e. The molecule has 0 bridgehead atoms. The predicted octanol–water partition coefficient (Wildman–Crippen LogP) is 1.98. The minimum absolute atomic E-state index is 0.170. The number of phenolic OH excluding ortho intramolecular Hbond substituents is 2. The Morgan fingerprint density at radius 3 is 2.26 bits per heavy atom. The van der Waals surface area contributed by atoms with E-state index < -0.39 is 5.92 Å². The molecule has 4 heteroatoms. The summed E-state index contributed by atoms with van der Waals surface area (Å²) in [6.45, 7) is 0. The second kappa shape index (κ2) is 5.44. The van der Waals surface area contributed by atoms with Crippen LogP contribution < -0.4 is 5.32 Å². The van der Waals surface area contributed by atoms with Gasteiger partial charge in [0.2, 0.25) is 5.91 Å². The van der Waals surface area contributed by atoms with Crippen molar-refractivity contribution in [3.05, 3.63) is 59.7 Å². The van der Waals surface area contributed by atoms with E-state index in [0.29, 0.717) is 5.56 Å². The van der Waals surface area contributed by atoms with Crippen LogP contribution in [0.1, 0.15) is 17.0 Å². The normalized spacial score (nSPS) is 11.8.